The van der Waals surface area contributed by atoms with E-state index in [-0.39, 0.29) is 6.54 Å². The maximum absolute atomic E-state index is 8.87. The predicted octanol–water partition coefficient (Wildman–Crippen LogP) is 0.378. The van der Waals surface area contributed by atoms with Crippen molar-refractivity contribution in [1.29, 1.82) is 5.26 Å². The second kappa shape index (κ2) is 4.31. The van der Waals surface area contributed by atoms with E-state index in [1.807, 2.05) is 6.07 Å². The van der Waals surface area contributed by atoms with Gasteiger partial charge in [-0.05, 0) is 12.1 Å². The van der Waals surface area contributed by atoms with Gasteiger partial charge in [0.2, 0.25) is 0 Å². The Morgan fingerprint density at radius 2 is 2.50 bits per heavy atom. The van der Waals surface area contributed by atoms with E-state index in [1.54, 1.807) is 24.4 Å². The zero-order chi connectivity index (χ0) is 8.81. The van der Waals surface area contributed by atoms with Crippen molar-refractivity contribution in [3.63, 3.8) is 0 Å². The molecule has 0 amide bonds. The molecule has 0 aliphatic carbocycles. The molecule has 0 aliphatic rings. The normalized spacial score (nSPS) is 11.7. The van der Waals surface area contributed by atoms with Gasteiger partial charge in [-0.25, -0.2) is 4.98 Å². The Bertz CT molecular complexity index is 267. The molecule has 0 aromatic carbocycles. The quantitative estimate of drug-likeness (QED) is 0.632. The largest absolute Gasteiger partial charge is 0.376 e. The number of pyridine rings is 1. The Hall–Kier alpha value is -1.60. The van der Waals surface area contributed by atoms with Crippen molar-refractivity contribution in [3.8, 4) is 6.07 Å². The van der Waals surface area contributed by atoms with Gasteiger partial charge in [-0.3, -0.25) is 0 Å². The lowest BCUT2D eigenvalue weighted by Gasteiger charge is -2.04. The SMILES string of the molecule is N#CC(O)CNc1ccccn1. The third-order valence-corrected chi connectivity index (χ3v) is 1.29. The fourth-order valence-electron chi connectivity index (χ4n) is 0.714. The van der Waals surface area contributed by atoms with Gasteiger partial charge in [0, 0.05) is 6.20 Å². The first-order chi connectivity index (χ1) is 5.83. The minimum atomic E-state index is -0.980. The van der Waals surface area contributed by atoms with Gasteiger partial charge in [-0.1, -0.05) is 6.07 Å². The van der Waals surface area contributed by atoms with E-state index in [2.05, 4.69) is 10.3 Å². The first kappa shape index (κ1) is 8.50. The summed E-state index contributed by atoms with van der Waals surface area (Å²) in [6, 6.07) is 7.09. The Morgan fingerprint density at radius 1 is 1.67 bits per heavy atom. The topological polar surface area (TPSA) is 68.9 Å². The first-order valence-corrected chi connectivity index (χ1v) is 3.55. The van der Waals surface area contributed by atoms with Crippen molar-refractivity contribution in [2.75, 3.05) is 11.9 Å². The molecule has 0 bridgehead atoms. The zero-order valence-electron chi connectivity index (χ0n) is 6.44. The van der Waals surface area contributed by atoms with Gasteiger partial charge in [0.1, 0.15) is 5.82 Å². The lowest BCUT2D eigenvalue weighted by molar-refractivity contribution is 0.243. The van der Waals surface area contributed by atoms with E-state index in [9.17, 15) is 0 Å². The number of aliphatic hydroxyl groups is 1. The van der Waals surface area contributed by atoms with Crippen molar-refractivity contribution < 1.29 is 5.11 Å². The Kier molecular flexibility index (Phi) is 3.05. The van der Waals surface area contributed by atoms with E-state index in [0.717, 1.165) is 0 Å². The lowest BCUT2D eigenvalue weighted by Crippen LogP contribution is -2.17. The average Bonchev–Trinajstić information content (AvgIpc) is 2.16. The first-order valence-electron chi connectivity index (χ1n) is 3.55. The van der Waals surface area contributed by atoms with Crippen LogP contribution in [0, 0.1) is 11.3 Å². The van der Waals surface area contributed by atoms with Crippen LogP contribution < -0.4 is 5.32 Å². The molecule has 12 heavy (non-hydrogen) atoms. The molecule has 1 atom stereocenters. The molecule has 4 heteroatoms. The molecule has 0 aliphatic heterocycles. The summed E-state index contributed by atoms with van der Waals surface area (Å²) < 4.78 is 0. The van der Waals surface area contributed by atoms with Gasteiger partial charge in [0.25, 0.3) is 0 Å². The van der Waals surface area contributed by atoms with E-state index in [4.69, 9.17) is 10.4 Å². The number of nitrogens with zero attached hydrogens (tertiary/aromatic N) is 2. The van der Waals surface area contributed by atoms with Crippen LogP contribution in [0.4, 0.5) is 5.82 Å². The van der Waals surface area contributed by atoms with E-state index in [1.165, 1.54) is 0 Å². The Balaban J connectivity index is 2.40. The van der Waals surface area contributed by atoms with Crippen molar-refractivity contribution in [1.82, 2.24) is 4.98 Å². The van der Waals surface area contributed by atoms with Crippen LogP contribution in [-0.2, 0) is 0 Å². The molecule has 0 radical (unpaired) electrons. The molecule has 1 aromatic heterocycles. The summed E-state index contributed by atoms with van der Waals surface area (Å²) in [4.78, 5) is 3.95. The van der Waals surface area contributed by atoms with Crippen LogP contribution >= 0.6 is 0 Å². The molecular weight excluding hydrogens is 154 g/mol. The van der Waals surface area contributed by atoms with Crippen LogP contribution in [0.2, 0.25) is 0 Å². The molecule has 2 N–H and O–H groups in total. The van der Waals surface area contributed by atoms with Crippen LogP contribution in [0.15, 0.2) is 24.4 Å². The molecule has 0 saturated carbocycles. The van der Waals surface area contributed by atoms with Gasteiger partial charge < -0.3 is 10.4 Å². The zero-order valence-corrected chi connectivity index (χ0v) is 6.44. The number of aliphatic hydroxyl groups excluding tert-OH is 1. The van der Waals surface area contributed by atoms with Gasteiger partial charge in [-0.2, -0.15) is 5.26 Å². The summed E-state index contributed by atoms with van der Waals surface area (Å²) in [6.07, 6.45) is 0.660. The molecule has 4 nitrogen and oxygen atoms in total. The number of hydrogen-bond donors (Lipinski definition) is 2. The second-order valence-corrected chi connectivity index (χ2v) is 2.24. The number of nitriles is 1. The standard InChI is InChI=1S/C8H9N3O/c9-5-7(12)6-11-8-3-1-2-4-10-8/h1-4,7,12H,6H2,(H,10,11). The van der Waals surface area contributed by atoms with Crippen LogP contribution in [0.5, 0.6) is 0 Å². The van der Waals surface area contributed by atoms with E-state index in [0.29, 0.717) is 5.82 Å². The number of nitrogens with one attached hydrogen (secondary N) is 1. The molecule has 1 unspecified atom stereocenters. The minimum Gasteiger partial charge on any atom is -0.376 e. The fourth-order valence-corrected chi connectivity index (χ4v) is 0.714. The number of hydrogen-bond acceptors (Lipinski definition) is 4. The van der Waals surface area contributed by atoms with Crippen LogP contribution in [-0.4, -0.2) is 22.7 Å². The van der Waals surface area contributed by atoms with Crippen molar-refractivity contribution >= 4 is 5.82 Å². The third-order valence-electron chi connectivity index (χ3n) is 1.29. The summed E-state index contributed by atoms with van der Waals surface area (Å²) in [7, 11) is 0. The number of anilines is 1. The van der Waals surface area contributed by atoms with Gasteiger partial charge in [0.15, 0.2) is 6.10 Å². The smallest absolute Gasteiger partial charge is 0.157 e. The highest BCUT2D eigenvalue weighted by atomic mass is 16.3. The van der Waals surface area contributed by atoms with Crippen LogP contribution in [0.3, 0.4) is 0 Å². The fraction of sp³-hybridized carbons (Fsp3) is 0.250. The van der Waals surface area contributed by atoms with Crippen molar-refractivity contribution in [2.24, 2.45) is 0 Å². The molecule has 0 spiro atoms. The summed E-state index contributed by atoms with van der Waals surface area (Å²) in [6.45, 7) is 0.202. The average molecular weight is 163 g/mol. The Morgan fingerprint density at radius 3 is 3.08 bits per heavy atom. The molecule has 0 fully saturated rings. The molecule has 1 rings (SSSR count). The molecule has 62 valence electrons. The number of rotatable bonds is 3. The van der Waals surface area contributed by atoms with E-state index < -0.39 is 6.10 Å². The summed E-state index contributed by atoms with van der Waals surface area (Å²) in [5, 5.41) is 19.9. The summed E-state index contributed by atoms with van der Waals surface area (Å²) >= 11 is 0. The summed E-state index contributed by atoms with van der Waals surface area (Å²) in [5.41, 5.74) is 0. The van der Waals surface area contributed by atoms with Gasteiger partial charge >= 0.3 is 0 Å². The summed E-state index contributed by atoms with van der Waals surface area (Å²) in [5.74, 6) is 0.659. The van der Waals surface area contributed by atoms with Gasteiger partial charge in [-0.15, -0.1) is 0 Å². The second-order valence-electron chi connectivity index (χ2n) is 2.24. The maximum Gasteiger partial charge on any atom is 0.157 e. The third kappa shape index (κ3) is 2.56. The van der Waals surface area contributed by atoms with Crippen LogP contribution in [0.1, 0.15) is 0 Å². The highest BCUT2D eigenvalue weighted by molar-refractivity contribution is 5.33. The highest BCUT2D eigenvalue weighted by Crippen LogP contribution is 1.98. The lowest BCUT2D eigenvalue weighted by atomic mass is 10.4. The molecular formula is C8H9N3O. The minimum absolute atomic E-state index is 0.202. The molecule has 1 heterocycles. The molecule has 1 aromatic rings. The van der Waals surface area contributed by atoms with Gasteiger partial charge in [0.05, 0.1) is 12.6 Å². The monoisotopic (exact) mass is 163 g/mol. The van der Waals surface area contributed by atoms with Crippen molar-refractivity contribution in [2.45, 2.75) is 6.10 Å². The van der Waals surface area contributed by atoms with Crippen LogP contribution in [0.25, 0.3) is 0 Å². The highest BCUT2D eigenvalue weighted by Gasteiger charge is 1.99. The molecule has 0 saturated heterocycles. The van der Waals surface area contributed by atoms with E-state index >= 15 is 0 Å². The number of aromatic nitrogens is 1. The maximum atomic E-state index is 8.87. The van der Waals surface area contributed by atoms with Crippen molar-refractivity contribution in [3.05, 3.63) is 24.4 Å². The predicted molar refractivity (Wildman–Crippen MR) is 44.3 cm³/mol. The Labute approximate surface area is 70.5 Å².